The summed E-state index contributed by atoms with van der Waals surface area (Å²) in [6.07, 6.45) is 74.2. The van der Waals surface area contributed by atoms with Gasteiger partial charge in [-0.15, -0.1) is 0 Å². The molecule has 0 fully saturated rings. The fourth-order valence-corrected chi connectivity index (χ4v) is 5.89. The van der Waals surface area contributed by atoms with Crippen LogP contribution in [0, 0.1) is 0 Å². The lowest BCUT2D eigenvalue weighted by Gasteiger charge is -2.19. The average molecular weight is 784 g/mol. The third-order valence-corrected chi connectivity index (χ3v) is 9.37. The Morgan fingerprint density at radius 1 is 0.439 bits per heavy atom. The summed E-state index contributed by atoms with van der Waals surface area (Å²) in [5.74, 6) is -0.101. The lowest BCUT2D eigenvalue weighted by Crippen LogP contribution is -2.45. The Hall–Kier alpha value is -3.47. The number of aliphatic hydroxyl groups is 2. The van der Waals surface area contributed by atoms with Crippen molar-refractivity contribution in [1.82, 2.24) is 5.32 Å². The molecule has 57 heavy (non-hydrogen) atoms. The van der Waals surface area contributed by atoms with Crippen molar-refractivity contribution in [2.45, 2.75) is 187 Å². The SMILES string of the molecule is CC/C=C\C/C=C\C/C=C\C/C=C\C/C=C\C/C=C\C/C=C\C/C=C\C/C=C\CCCCCCCC(=O)NC(CO)C(O)/C=C/CC/C=C/CCCCCCCC. The van der Waals surface area contributed by atoms with Crippen molar-refractivity contribution in [2.24, 2.45) is 0 Å². The molecule has 0 spiro atoms. The van der Waals surface area contributed by atoms with Crippen LogP contribution in [0.5, 0.6) is 0 Å². The molecular formula is C53H85NO3. The summed E-state index contributed by atoms with van der Waals surface area (Å²) >= 11 is 0. The van der Waals surface area contributed by atoms with Gasteiger partial charge in [0.2, 0.25) is 5.91 Å². The van der Waals surface area contributed by atoms with Gasteiger partial charge in [-0.1, -0.05) is 199 Å². The largest absolute Gasteiger partial charge is 0.394 e. The van der Waals surface area contributed by atoms with Gasteiger partial charge < -0.3 is 15.5 Å². The number of carbonyl (C=O) groups is 1. The molecule has 0 aromatic heterocycles. The number of unbranched alkanes of at least 4 members (excludes halogenated alkanes) is 12. The fourth-order valence-electron chi connectivity index (χ4n) is 5.89. The predicted octanol–water partition coefficient (Wildman–Crippen LogP) is 14.7. The van der Waals surface area contributed by atoms with E-state index in [2.05, 4.69) is 141 Å². The minimum Gasteiger partial charge on any atom is -0.394 e. The lowest BCUT2D eigenvalue weighted by molar-refractivity contribution is -0.123. The highest BCUT2D eigenvalue weighted by molar-refractivity contribution is 5.76. The van der Waals surface area contributed by atoms with Crippen LogP contribution in [0.25, 0.3) is 0 Å². The number of allylic oxidation sites excluding steroid dienone is 21. The van der Waals surface area contributed by atoms with Crippen molar-refractivity contribution in [2.75, 3.05) is 6.61 Å². The van der Waals surface area contributed by atoms with Crippen molar-refractivity contribution >= 4 is 5.91 Å². The Labute approximate surface area is 351 Å². The molecule has 0 rings (SSSR count). The molecule has 0 aliphatic carbocycles. The molecule has 1 amide bonds. The van der Waals surface area contributed by atoms with E-state index in [4.69, 9.17) is 0 Å². The number of nitrogens with one attached hydrogen (secondary N) is 1. The number of hydrogen-bond donors (Lipinski definition) is 3. The van der Waals surface area contributed by atoms with Crippen molar-refractivity contribution in [3.63, 3.8) is 0 Å². The van der Waals surface area contributed by atoms with Crippen LogP contribution in [0.3, 0.4) is 0 Å². The molecule has 0 aliphatic rings. The Balaban J connectivity index is 3.73. The Morgan fingerprint density at radius 3 is 1.23 bits per heavy atom. The molecule has 0 aliphatic heterocycles. The Bertz CT molecular complexity index is 1210. The van der Waals surface area contributed by atoms with E-state index in [1.807, 2.05) is 6.08 Å². The van der Waals surface area contributed by atoms with Crippen molar-refractivity contribution in [1.29, 1.82) is 0 Å². The zero-order valence-corrected chi connectivity index (χ0v) is 36.5. The van der Waals surface area contributed by atoms with Crippen LogP contribution in [0.1, 0.15) is 174 Å². The Morgan fingerprint density at radius 2 is 0.789 bits per heavy atom. The molecule has 0 aromatic carbocycles. The number of aliphatic hydroxyl groups excluding tert-OH is 2. The van der Waals surface area contributed by atoms with Crippen molar-refractivity contribution in [3.05, 3.63) is 134 Å². The van der Waals surface area contributed by atoms with Gasteiger partial charge in [-0.05, 0) is 103 Å². The zero-order valence-electron chi connectivity index (χ0n) is 36.5. The van der Waals surface area contributed by atoms with Gasteiger partial charge in [0.1, 0.15) is 0 Å². The predicted molar refractivity (Wildman–Crippen MR) is 252 cm³/mol. The summed E-state index contributed by atoms with van der Waals surface area (Å²) in [5, 5.41) is 22.9. The van der Waals surface area contributed by atoms with Gasteiger partial charge >= 0.3 is 0 Å². The summed E-state index contributed by atoms with van der Waals surface area (Å²) in [6, 6.07) is -0.658. The second-order valence-electron chi connectivity index (χ2n) is 14.7. The van der Waals surface area contributed by atoms with E-state index < -0.39 is 12.1 Å². The van der Waals surface area contributed by atoms with Gasteiger partial charge in [0.15, 0.2) is 0 Å². The molecule has 0 radical (unpaired) electrons. The van der Waals surface area contributed by atoms with Crippen LogP contribution in [0.15, 0.2) is 134 Å². The van der Waals surface area contributed by atoms with Crippen LogP contribution in [-0.2, 0) is 4.79 Å². The van der Waals surface area contributed by atoms with E-state index in [1.54, 1.807) is 6.08 Å². The third-order valence-electron chi connectivity index (χ3n) is 9.37. The van der Waals surface area contributed by atoms with Crippen LogP contribution in [0.2, 0.25) is 0 Å². The van der Waals surface area contributed by atoms with Gasteiger partial charge in [-0.25, -0.2) is 0 Å². The van der Waals surface area contributed by atoms with Crippen LogP contribution < -0.4 is 5.32 Å². The van der Waals surface area contributed by atoms with E-state index >= 15 is 0 Å². The molecule has 3 N–H and O–H groups in total. The lowest BCUT2D eigenvalue weighted by atomic mass is 10.1. The Kier molecular flexibility index (Phi) is 44.1. The monoisotopic (exact) mass is 784 g/mol. The normalized spacial score (nSPS) is 14.2. The first-order valence-corrected chi connectivity index (χ1v) is 22.9. The highest BCUT2D eigenvalue weighted by Gasteiger charge is 2.17. The molecule has 0 heterocycles. The molecule has 0 aromatic rings. The summed E-state index contributed by atoms with van der Waals surface area (Å²) in [5.41, 5.74) is 0. The minimum atomic E-state index is -0.879. The van der Waals surface area contributed by atoms with Gasteiger partial charge in [-0.2, -0.15) is 0 Å². The van der Waals surface area contributed by atoms with Crippen LogP contribution >= 0.6 is 0 Å². The van der Waals surface area contributed by atoms with E-state index in [1.165, 1.54) is 51.4 Å². The summed E-state index contributed by atoms with van der Waals surface area (Å²) in [4.78, 5) is 12.4. The maximum absolute atomic E-state index is 12.4. The topological polar surface area (TPSA) is 69.6 Å². The van der Waals surface area contributed by atoms with Crippen LogP contribution in [-0.4, -0.2) is 34.9 Å². The number of hydrogen-bond acceptors (Lipinski definition) is 3. The first-order valence-electron chi connectivity index (χ1n) is 22.9. The number of rotatable bonds is 39. The second kappa shape index (κ2) is 46.9. The fraction of sp³-hybridized carbons (Fsp3) is 0.566. The summed E-state index contributed by atoms with van der Waals surface area (Å²) in [6.45, 7) is 4.13. The molecule has 0 bridgehead atoms. The third kappa shape index (κ3) is 43.5. The maximum atomic E-state index is 12.4. The molecule has 0 saturated carbocycles. The van der Waals surface area contributed by atoms with Gasteiger partial charge in [0.25, 0.3) is 0 Å². The van der Waals surface area contributed by atoms with Crippen molar-refractivity contribution in [3.8, 4) is 0 Å². The second-order valence-corrected chi connectivity index (χ2v) is 14.7. The summed E-state index contributed by atoms with van der Waals surface area (Å²) < 4.78 is 0. The highest BCUT2D eigenvalue weighted by Crippen LogP contribution is 2.10. The molecule has 4 nitrogen and oxygen atoms in total. The van der Waals surface area contributed by atoms with Gasteiger partial charge in [-0.3, -0.25) is 4.79 Å². The maximum Gasteiger partial charge on any atom is 0.220 e. The van der Waals surface area contributed by atoms with Crippen LogP contribution in [0.4, 0.5) is 0 Å². The quantitative estimate of drug-likeness (QED) is 0.0429. The summed E-state index contributed by atoms with van der Waals surface area (Å²) in [7, 11) is 0. The first-order chi connectivity index (χ1) is 28.2. The first kappa shape index (κ1) is 53.5. The average Bonchev–Trinajstić information content (AvgIpc) is 3.22. The standard InChI is InChI=1S/C53H85NO3/c1-3-5-7-9-11-13-15-17-18-19-20-21-22-23-24-25-26-27-28-29-30-31-32-33-34-35-36-37-39-41-43-45-47-49-53(57)54-51(50-55)52(56)48-46-44-42-40-38-16-14-12-10-8-6-4-2/h5,7,11,13,17-18,20-21,23-24,26-27,29-30,32-33,35-36,38,40,46,48,51-52,55-56H,3-4,6,8-10,12,14-16,19,22,25,28,31,34,37,39,41-45,47,49-50H2,1-2H3,(H,54,57)/b7-5-,13-11-,18-17-,21-20-,24-23-,27-26-,30-29-,33-32-,36-35-,40-38+,48-46+. The molecule has 0 saturated heterocycles. The molecule has 2 unspecified atom stereocenters. The molecule has 320 valence electrons. The van der Waals surface area contributed by atoms with Crippen molar-refractivity contribution < 1.29 is 15.0 Å². The minimum absolute atomic E-state index is 0.101. The number of amides is 1. The van der Waals surface area contributed by atoms with E-state index in [0.29, 0.717) is 6.42 Å². The molecule has 2 atom stereocenters. The zero-order chi connectivity index (χ0) is 41.4. The molecule has 4 heteroatoms. The number of carbonyl (C=O) groups excluding carboxylic acids is 1. The van der Waals surface area contributed by atoms with E-state index in [9.17, 15) is 15.0 Å². The van der Waals surface area contributed by atoms with E-state index in [0.717, 1.165) is 103 Å². The molecular weight excluding hydrogens is 699 g/mol. The highest BCUT2D eigenvalue weighted by atomic mass is 16.3. The van der Waals surface area contributed by atoms with Gasteiger partial charge in [0, 0.05) is 6.42 Å². The smallest absolute Gasteiger partial charge is 0.220 e. The van der Waals surface area contributed by atoms with Gasteiger partial charge in [0.05, 0.1) is 18.8 Å². The van der Waals surface area contributed by atoms with E-state index in [-0.39, 0.29) is 12.5 Å².